The first kappa shape index (κ1) is 15.4. The average Bonchev–Trinajstić information content (AvgIpc) is 2.45. The lowest BCUT2D eigenvalue weighted by atomic mass is 10.1. The summed E-state index contributed by atoms with van der Waals surface area (Å²) < 4.78 is 9.43. The van der Waals surface area contributed by atoms with Gasteiger partial charge in [-0.15, -0.1) is 0 Å². The Morgan fingerprint density at radius 2 is 1.75 bits per heavy atom. The van der Waals surface area contributed by atoms with Crippen LogP contribution in [-0.4, -0.2) is 31.2 Å². The second-order valence-electron chi connectivity index (χ2n) is 3.64. The van der Waals surface area contributed by atoms with E-state index in [1.165, 1.54) is 30.3 Å². The highest BCUT2D eigenvalue weighted by molar-refractivity contribution is 6.03. The average molecular weight is 277 g/mol. The smallest absolute Gasteiger partial charge is 0.414 e. The molecule has 0 heterocycles. The zero-order chi connectivity index (χ0) is 15.0. The number of rotatable bonds is 5. The largest absolute Gasteiger partial charge is 0.462 e. The number of benzene rings is 1. The van der Waals surface area contributed by atoms with Crippen LogP contribution in [0.3, 0.4) is 0 Å². The van der Waals surface area contributed by atoms with Crippen LogP contribution in [0.4, 0.5) is 4.79 Å². The van der Waals surface area contributed by atoms with Gasteiger partial charge in [-0.1, -0.05) is 12.7 Å². The Morgan fingerprint density at radius 1 is 1.15 bits per heavy atom. The quantitative estimate of drug-likeness (QED) is 0.656. The monoisotopic (exact) mass is 277 g/mol. The van der Waals surface area contributed by atoms with Crippen LogP contribution in [0.2, 0.25) is 0 Å². The van der Waals surface area contributed by atoms with E-state index in [1.54, 1.807) is 6.92 Å². The third-order valence-electron chi connectivity index (χ3n) is 2.21. The fourth-order valence-electron chi connectivity index (χ4n) is 1.31. The Labute approximate surface area is 116 Å². The third kappa shape index (κ3) is 4.56. The molecule has 6 nitrogen and oxygen atoms in total. The molecule has 0 bridgehead atoms. The molecule has 0 radical (unpaired) electrons. The number of hydrogen-bond donors (Lipinski definition) is 1. The maximum atomic E-state index is 11.7. The summed E-state index contributed by atoms with van der Waals surface area (Å²) in [6.07, 6.45) is 0.530. The van der Waals surface area contributed by atoms with E-state index in [-0.39, 0.29) is 18.8 Å². The van der Waals surface area contributed by atoms with Crippen molar-refractivity contribution in [3.63, 3.8) is 0 Å². The summed E-state index contributed by atoms with van der Waals surface area (Å²) in [6, 6.07) is 5.73. The molecule has 2 amide bonds. The van der Waals surface area contributed by atoms with Crippen molar-refractivity contribution in [3.05, 3.63) is 48.0 Å². The van der Waals surface area contributed by atoms with E-state index in [0.29, 0.717) is 5.56 Å². The molecule has 0 atom stereocenters. The van der Waals surface area contributed by atoms with Gasteiger partial charge in [0, 0.05) is 5.56 Å². The van der Waals surface area contributed by atoms with Crippen LogP contribution < -0.4 is 5.32 Å². The summed E-state index contributed by atoms with van der Waals surface area (Å²) in [7, 11) is 0. The number of nitrogens with one attached hydrogen (secondary N) is 1. The van der Waals surface area contributed by atoms with Gasteiger partial charge in [0.15, 0.2) is 0 Å². The van der Waals surface area contributed by atoms with E-state index < -0.39 is 18.0 Å². The van der Waals surface area contributed by atoms with Crippen molar-refractivity contribution in [2.24, 2.45) is 0 Å². The van der Waals surface area contributed by atoms with Gasteiger partial charge in [-0.05, 0) is 31.2 Å². The number of amides is 2. The Morgan fingerprint density at radius 3 is 2.30 bits per heavy atom. The molecule has 106 valence electrons. The first-order valence-electron chi connectivity index (χ1n) is 5.94. The fraction of sp³-hybridized carbons (Fsp3) is 0.214. The van der Waals surface area contributed by atoms with Gasteiger partial charge in [-0.3, -0.25) is 10.1 Å². The van der Waals surface area contributed by atoms with Crippen LogP contribution in [0.1, 0.15) is 27.6 Å². The maximum Gasteiger partial charge on any atom is 0.414 e. The Kier molecular flexibility index (Phi) is 5.96. The Balaban J connectivity index is 2.63. The lowest BCUT2D eigenvalue weighted by molar-refractivity contribution is 0.0526. The van der Waals surface area contributed by atoms with Gasteiger partial charge in [0.2, 0.25) is 0 Å². The molecule has 0 saturated heterocycles. The topological polar surface area (TPSA) is 81.7 Å². The lowest BCUT2D eigenvalue weighted by Crippen LogP contribution is -2.31. The summed E-state index contributed by atoms with van der Waals surface area (Å²) in [5.74, 6) is -1.08. The minimum Gasteiger partial charge on any atom is -0.462 e. The van der Waals surface area contributed by atoms with Gasteiger partial charge in [0.25, 0.3) is 5.91 Å². The molecule has 1 N–H and O–H groups in total. The van der Waals surface area contributed by atoms with Gasteiger partial charge in [0.05, 0.1) is 12.2 Å². The van der Waals surface area contributed by atoms with Crippen LogP contribution in [0.15, 0.2) is 36.9 Å². The van der Waals surface area contributed by atoms with Crippen LogP contribution in [-0.2, 0) is 9.47 Å². The van der Waals surface area contributed by atoms with Crippen LogP contribution in [0, 0.1) is 0 Å². The van der Waals surface area contributed by atoms with E-state index in [2.05, 4.69) is 11.3 Å². The summed E-state index contributed by atoms with van der Waals surface area (Å²) in [6.45, 7) is 5.37. The van der Waals surface area contributed by atoms with Crippen molar-refractivity contribution < 1.29 is 23.9 Å². The molecule has 6 heteroatoms. The molecule has 0 spiro atoms. The molecule has 0 aliphatic rings. The Bertz CT molecular complexity index is 507. The van der Waals surface area contributed by atoms with E-state index in [1.807, 2.05) is 5.32 Å². The lowest BCUT2D eigenvalue weighted by Gasteiger charge is -2.05. The Hall–Kier alpha value is -2.63. The molecule has 0 saturated carbocycles. The van der Waals surface area contributed by atoms with Crippen molar-refractivity contribution in [1.82, 2.24) is 5.32 Å². The second kappa shape index (κ2) is 7.73. The standard InChI is InChI=1S/C14H15NO5/c1-3-9-20-14(18)15-12(16)10-5-7-11(8-6-10)13(17)19-4-2/h3,5-8H,1,4,9H2,2H3,(H,15,16,18). The van der Waals surface area contributed by atoms with Crippen LogP contribution in [0.5, 0.6) is 0 Å². The molecule has 0 aliphatic carbocycles. The van der Waals surface area contributed by atoms with Crippen molar-refractivity contribution in [2.75, 3.05) is 13.2 Å². The van der Waals surface area contributed by atoms with E-state index in [0.717, 1.165) is 0 Å². The number of hydrogen-bond acceptors (Lipinski definition) is 5. The van der Waals surface area contributed by atoms with Gasteiger partial charge >= 0.3 is 12.1 Å². The molecule has 1 aromatic carbocycles. The number of ether oxygens (including phenoxy) is 2. The summed E-state index contributed by atoms with van der Waals surface area (Å²) in [5.41, 5.74) is 0.561. The number of imide groups is 1. The molecule has 1 aromatic rings. The molecular formula is C14H15NO5. The highest BCUT2D eigenvalue weighted by atomic mass is 16.5. The van der Waals surface area contributed by atoms with E-state index in [9.17, 15) is 14.4 Å². The molecular weight excluding hydrogens is 262 g/mol. The molecule has 0 unspecified atom stereocenters. The normalized spacial score (nSPS) is 9.45. The highest BCUT2D eigenvalue weighted by Crippen LogP contribution is 2.06. The van der Waals surface area contributed by atoms with Gasteiger partial charge in [-0.2, -0.15) is 0 Å². The van der Waals surface area contributed by atoms with E-state index >= 15 is 0 Å². The van der Waals surface area contributed by atoms with Gasteiger partial charge < -0.3 is 9.47 Å². The van der Waals surface area contributed by atoms with E-state index in [4.69, 9.17) is 4.74 Å². The zero-order valence-corrected chi connectivity index (χ0v) is 11.0. The van der Waals surface area contributed by atoms with Crippen molar-refractivity contribution in [1.29, 1.82) is 0 Å². The number of esters is 1. The van der Waals surface area contributed by atoms with Crippen LogP contribution >= 0.6 is 0 Å². The summed E-state index contributed by atoms with van der Waals surface area (Å²) in [4.78, 5) is 34.3. The SMILES string of the molecule is C=CCOC(=O)NC(=O)c1ccc(C(=O)OCC)cc1. The predicted octanol–water partition coefficient (Wildman–Crippen LogP) is 1.92. The molecule has 0 fully saturated rings. The molecule has 0 aliphatic heterocycles. The first-order chi connectivity index (χ1) is 9.58. The molecule has 1 rings (SSSR count). The predicted molar refractivity (Wildman–Crippen MR) is 71.4 cm³/mol. The maximum absolute atomic E-state index is 11.7. The van der Waals surface area contributed by atoms with Crippen LogP contribution in [0.25, 0.3) is 0 Å². The fourth-order valence-corrected chi connectivity index (χ4v) is 1.31. The zero-order valence-electron chi connectivity index (χ0n) is 11.0. The minimum atomic E-state index is -0.857. The second-order valence-corrected chi connectivity index (χ2v) is 3.64. The van der Waals surface area contributed by atoms with Crippen molar-refractivity contribution in [2.45, 2.75) is 6.92 Å². The van der Waals surface area contributed by atoms with Gasteiger partial charge in [0.1, 0.15) is 6.61 Å². The number of alkyl carbamates (subject to hydrolysis) is 1. The molecule has 0 aromatic heterocycles. The first-order valence-corrected chi connectivity index (χ1v) is 5.94. The third-order valence-corrected chi connectivity index (χ3v) is 2.21. The van der Waals surface area contributed by atoms with Crippen molar-refractivity contribution in [3.8, 4) is 0 Å². The van der Waals surface area contributed by atoms with Gasteiger partial charge in [-0.25, -0.2) is 9.59 Å². The summed E-state index contributed by atoms with van der Waals surface area (Å²) >= 11 is 0. The summed E-state index contributed by atoms with van der Waals surface area (Å²) in [5, 5.41) is 2.04. The van der Waals surface area contributed by atoms with Crippen molar-refractivity contribution >= 4 is 18.0 Å². The molecule has 20 heavy (non-hydrogen) atoms. The highest BCUT2D eigenvalue weighted by Gasteiger charge is 2.12. The minimum absolute atomic E-state index is 0.0148. The number of carbonyl (C=O) groups excluding carboxylic acids is 3. The number of carbonyl (C=O) groups is 3.